The van der Waals surface area contributed by atoms with E-state index in [0.717, 1.165) is 12.1 Å². The molecule has 1 saturated heterocycles. The standard InChI is InChI=1S/C14H30N4/c1-15-13-4-5-14(12-13)18-10-8-17(9-11-18)7-6-16(2)3/h13-15H,4-12H2,1-3H3. The lowest BCUT2D eigenvalue weighted by molar-refractivity contribution is 0.0927. The molecule has 2 fully saturated rings. The van der Waals surface area contributed by atoms with Crippen molar-refractivity contribution in [2.24, 2.45) is 0 Å². The molecule has 1 aliphatic carbocycles. The Morgan fingerprint density at radius 1 is 1.11 bits per heavy atom. The Morgan fingerprint density at radius 2 is 1.83 bits per heavy atom. The molecule has 0 bridgehead atoms. The molecule has 1 heterocycles. The first-order valence-electron chi connectivity index (χ1n) is 7.47. The molecule has 0 aromatic carbocycles. The lowest BCUT2D eigenvalue weighted by atomic mass is 10.1. The second-order valence-corrected chi connectivity index (χ2v) is 6.13. The van der Waals surface area contributed by atoms with Crippen molar-refractivity contribution in [2.45, 2.75) is 31.3 Å². The molecule has 0 spiro atoms. The van der Waals surface area contributed by atoms with Gasteiger partial charge in [0, 0.05) is 51.4 Å². The van der Waals surface area contributed by atoms with Crippen LogP contribution in [-0.4, -0.2) is 87.2 Å². The second kappa shape index (κ2) is 6.85. The van der Waals surface area contributed by atoms with Crippen LogP contribution >= 0.6 is 0 Å². The predicted molar refractivity (Wildman–Crippen MR) is 77.1 cm³/mol. The molecule has 4 nitrogen and oxygen atoms in total. The van der Waals surface area contributed by atoms with Gasteiger partial charge >= 0.3 is 0 Å². The second-order valence-electron chi connectivity index (χ2n) is 6.13. The lowest BCUT2D eigenvalue weighted by Crippen LogP contribution is -2.51. The smallest absolute Gasteiger partial charge is 0.0113 e. The largest absolute Gasteiger partial charge is 0.317 e. The van der Waals surface area contributed by atoms with E-state index in [1.165, 1.54) is 58.5 Å². The zero-order valence-electron chi connectivity index (χ0n) is 12.4. The summed E-state index contributed by atoms with van der Waals surface area (Å²) in [6.45, 7) is 7.47. The van der Waals surface area contributed by atoms with Crippen LogP contribution in [-0.2, 0) is 0 Å². The molecule has 106 valence electrons. The molecule has 1 aliphatic heterocycles. The minimum absolute atomic E-state index is 0.766. The zero-order chi connectivity index (χ0) is 13.0. The highest BCUT2D eigenvalue weighted by Gasteiger charge is 2.30. The van der Waals surface area contributed by atoms with Gasteiger partial charge in [-0.05, 0) is 40.4 Å². The van der Waals surface area contributed by atoms with Crippen molar-refractivity contribution in [3.05, 3.63) is 0 Å². The number of hydrogen-bond acceptors (Lipinski definition) is 4. The summed E-state index contributed by atoms with van der Waals surface area (Å²) in [5, 5.41) is 3.43. The monoisotopic (exact) mass is 254 g/mol. The Labute approximate surface area is 112 Å². The first-order valence-corrected chi connectivity index (χ1v) is 7.47. The van der Waals surface area contributed by atoms with Crippen LogP contribution in [0.4, 0.5) is 0 Å². The van der Waals surface area contributed by atoms with E-state index in [0.29, 0.717) is 0 Å². The summed E-state index contributed by atoms with van der Waals surface area (Å²) in [6.07, 6.45) is 4.11. The van der Waals surface area contributed by atoms with Gasteiger partial charge in [-0.1, -0.05) is 0 Å². The molecule has 2 unspecified atom stereocenters. The van der Waals surface area contributed by atoms with Crippen molar-refractivity contribution < 1.29 is 0 Å². The Hall–Kier alpha value is -0.160. The van der Waals surface area contributed by atoms with Crippen molar-refractivity contribution in [3.63, 3.8) is 0 Å². The molecule has 2 atom stereocenters. The molecule has 1 N–H and O–H groups in total. The zero-order valence-corrected chi connectivity index (χ0v) is 12.4. The molecule has 0 amide bonds. The fraction of sp³-hybridized carbons (Fsp3) is 1.00. The predicted octanol–water partition coefficient (Wildman–Crippen LogP) is 0.306. The molecule has 1 saturated carbocycles. The number of nitrogens with one attached hydrogen (secondary N) is 1. The first kappa shape index (κ1) is 14.3. The summed E-state index contributed by atoms with van der Waals surface area (Å²) >= 11 is 0. The molecule has 2 rings (SSSR count). The lowest BCUT2D eigenvalue weighted by Gasteiger charge is -2.38. The van der Waals surface area contributed by atoms with Gasteiger partial charge in [0.25, 0.3) is 0 Å². The van der Waals surface area contributed by atoms with E-state index in [1.807, 2.05) is 0 Å². The van der Waals surface area contributed by atoms with E-state index in [1.54, 1.807) is 0 Å². The summed E-state index contributed by atoms with van der Waals surface area (Å²) in [7, 11) is 6.42. The van der Waals surface area contributed by atoms with Crippen LogP contribution in [0.15, 0.2) is 0 Å². The van der Waals surface area contributed by atoms with Gasteiger partial charge in [0.1, 0.15) is 0 Å². The Morgan fingerprint density at radius 3 is 2.39 bits per heavy atom. The normalized spacial score (nSPS) is 31.3. The van der Waals surface area contributed by atoms with Gasteiger partial charge in [-0.25, -0.2) is 0 Å². The van der Waals surface area contributed by atoms with Crippen molar-refractivity contribution in [2.75, 3.05) is 60.4 Å². The molecule has 2 aliphatic rings. The highest BCUT2D eigenvalue weighted by atomic mass is 15.3. The molecule has 0 aromatic heterocycles. The van der Waals surface area contributed by atoms with E-state index in [4.69, 9.17) is 0 Å². The van der Waals surface area contributed by atoms with Crippen LogP contribution in [0.5, 0.6) is 0 Å². The van der Waals surface area contributed by atoms with E-state index in [2.05, 4.69) is 41.2 Å². The molecular weight excluding hydrogens is 224 g/mol. The molecule has 0 aromatic rings. The van der Waals surface area contributed by atoms with Crippen LogP contribution in [0.25, 0.3) is 0 Å². The molecule has 18 heavy (non-hydrogen) atoms. The van der Waals surface area contributed by atoms with Crippen LogP contribution < -0.4 is 5.32 Å². The average Bonchev–Trinajstić information content (AvgIpc) is 2.85. The third-order valence-corrected chi connectivity index (χ3v) is 4.60. The minimum Gasteiger partial charge on any atom is -0.317 e. The van der Waals surface area contributed by atoms with Gasteiger partial charge in [0.2, 0.25) is 0 Å². The first-order chi connectivity index (χ1) is 8.69. The van der Waals surface area contributed by atoms with Gasteiger partial charge in [0.05, 0.1) is 0 Å². The quantitative estimate of drug-likeness (QED) is 0.762. The fourth-order valence-electron chi connectivity index (χ4n) is 3.25. The van der Waals surface area contributed by atoms with Gasteiger partial charge in [-0.2, -0.15) is 0 Å². The summed E-state index contributed by atoms with van der Waals surface area (Å²) in [5.41, 5.74) is 0. The van der Waals surface area contributed by atoms with Gasteiger partial charge in [-0.3, -0.25) is 9.80 Å². The van der Waals surface area contributed by atoms with Crippen molar-refractivity contribution in [3.8, 4) is 0 Å². The number of nitrogens with zero attached hydrogens (tertiary/aromatic N) is 3. The van der Waals surface area contributed by atoms with E-state index >= 15 is 0 Å². The Bertz CT molecular complexity index is 236. The summed E-state index contributed by atoms with van der Waals surface area (Å²) < 4.78 is 0. The highest BCUT2D eigenvalue weighted by Crippen LogP contribution is 2.24. The van der Waals surface area contributed by atoms with Crippen LogP contribution in [0.2, 0.25) is 0 Å². The third-order valence-electron chi connectivity index (χ3n) is 4.60. The number of likely N-dealkylation sites (N-methyl/N-ethyl adjacent to an activating group) is 1. The van der Waals surface area contributed by atoms with E-state index < -0.39 is 0 Å². The van der Waals surface area contributed by atoms with Crippen LogP contribution in [0.1, 0.15) is 19.3 Å². The maximum atomic E-state index is 3.43. The topological polar surface area (TPSA) is 21.8 Å². The summed E-state index contributed by atoms with van der Waals surface area (Å²) in [5.74, 6) is 0. The van der Waals surface area contributed by atoms with Crippen LogP contribution in [0.3, 0.4) is 0 Å². The number of rotatable bonds is 5. The minimum atomic E-state index is 0.766. The van der Waals surface area contributed by atoms with Crippen LogP contribution in [0, 0.1) is 0 Å². The van der Waals surface area contributed by atoms with Crippen molar-refractivity contribution in [1.29, 1.82) is 0 Å². The summed E-state index contributed by atoms with van der Waals surface area (Å²) in [6, 6.07) is 1.61. The average molecular weight is 254 g/mol. The fourth-order valence-corrected chi connectivity index (χ4v) is 3.25. The third kappa shape index (κ3) is 3.92. The van der Waals surface area contributed by atoms with Gasteiger partial charge in [-0.15, -0.1) is 0 Å². The highest BCUT2D eigenvalue weighted by molar-refractivity contribution is 4.88. The number of hydrogen-bond donors (Lipinski definition) is 1. The van der Waals surface area contributed by atoms with Crippen molar-refractivity contribution in [1.82, 2.24) is 20.0 Å². The molecular formula is C14H30N4. The van der Waals surface area contributed by atoms with Crippen molar-refractivity contribution >= 4 is 0 Å². The Balaban J connectivity index is 1.67. The van der Waals surface area contributed by atoms with E-state index in [9.17, 15) is 0 Å². The van der Waals surface area contributed by atoms with E-state index in [-0.39, 0.29) is 0 Å². The SMILES string of the molecule is CNC1CCC(N2CCN(CCN(C)C)CC2)C1. The van der Waals surface area contributed by atoms with Gasteiger partial charge in [0.15, 0.2) is 0 Å². The maximum absolute atomic E-state index is 3.43. The maximum Gasteiger partial charge on any atom is 0.0113 e. The summed E-state index contributed by atoms with van der Waals surface area (Å²) in [4.78, 5) is 7.62. The molecule has 0 radical (unpaired) electrons. The van der Waals surface area contributed by atoms with Gasteiger partial charge < -0.3 is 10.2 Å². The molecule has 4 heteroatoms. The Kier molecular flexibility index (Phi) is 5.42. The number of piperazine rings is 1.